The molecule has 2 aromatic rings. The molecule has 0 aromatic heterocycles. The van der Waals surface area contributed by atoms with E-state index < -0.39 is 15.7 Å². The zero-order valence-electron chi connectivity index (χ0n) is 10.4. The highest BCUT2D eigenvalue weighted by atomic mass is 32.2. The van der Waals surface area contributed by atoms with Crippen molar-refractivity contribution in [3.05, 3.63) is 59.4 Å². The topological polar surface area (TPSA) is 60.2 Å². The van der Waals surface area contributed by atoms with Crippen molar-refractivity contribution in [3.8, 4) is 0 Å². The molecule has 3 nitrogen and oxygen atoms in total. The number of halogens is 1. The Labute approximate surface area is 111 Å². The molecule has 2 rings (SSSR count). The van der Waals surface area contributed by atoms with Gasteiger partial charge in [0.15, 0.2) is 9.84 Å². The Morgan fingerprint density at radius 2 is 1.74 bits per heavy atom. The van der Waals surface area contributed by atoms with Gasteiger partial charge in [0, 0.05) is 5.69 Å². The summed E-state index contributed by atoms with van der Waals surface area (Å²) >= 11 is 0. The average Bonchev–Trinajstić information content (AvgIpc) is 2.34. The number of nitrogen functional groups attached to an aromatic ring is 1. The van der Waals surface area contributed by atoms with Crippen molar-refractivity contribution in [3.63, 3.8) is 0 Å². The van der Waals surface area contributed by atoms with Gasteiger partial charge in [0.05, 0.1) is 10.6 Å². The van der Waals surface area contributed by atoms with Gasteiger partial charge in [0.25, 0.3) is 0 Å². The normalized spacial score (nSPS) is 11.5. The maximum Gasteiger partial charge on any atom is 0.182 e. The van der Waals surface area contributed by atoms with Crippen LogP contribution in [0.4, 0.5) is 10.1 Å². The molecular weight excluding hydrogens is 265 g/mol. The highest BCUT2D eigenvalue weighted by Gasteiger charge is 2.17. The van der Waals surface area contributed by atoms with Crippen molar-refractivity contribution < 1.29 is 12.8 Å². The Balaban J connectivity index is 2.36. The fraction of sp³-hybridized carbons (Fsp3) is 0.143. The summed E-state index contributed by atoms with van der Waals surface area (Å²) in [7, 11) is -3.52. The third-order valence-corrected chi connectivity index (χ3v) is 4.51. The molecule has 0 aliphatic heterocycles. The summed E-state index contributed by atoms with van der Waals surface area (Å²) in [5, 5.41) is 0. The van der Waals surface area contributed by atoms with Crippen LogP contribution in [0.3, 0.4) is 0 Å². The Morgan fingerprint density at radius 3 is 2.37 bits per heavy atom. The maximum atomic E-state index is 13.1. The summed E-state index contributed by atoms with van der Waals surface area (Å²) in [6, 6.07) is 10.3. The monoisotopic (exact) mass is 279 g/mol. The average molecular weight is 279 g/mol. The fourth-order valence-corrected chi connectivity index (χ4v) is 3.11. The third-order valence-electron chi connectivity index (χ3n) is 2.83. The van der Waals surface area contributed by atoms with E-state index in [1.807, 2.05) is 6.92 Å². The number of benzene rings is 2. The van der Waals surface area contributed by atoms with E-state index in [2.05, 4.69) is 0 Å². The number of rotatable bonds is 3. The van der Waals surface area contributed by atoms with E-state index in [0.717, 1.165) is 11.6 Å². The number of sulfone groups is 1. The predicted octanol–water partition coefficient (Wildman–Crippen LogP) is 2.69. The van der Waals surface area contributed by atoms with Crippen LogP contribution in [0.5, 0.6) is 0 Å². The van der Waals surface area contributed by atoms with Crippen LogP contribution in [0.2, 0.25) is 0 Å². The van der Waals surface area contributed by atoms with E-state index >= 15 is 0 Å². The molecule has 0 fully saturated rings. The Morgan fingerprint density at radius 1 is 1.11 bits per heavy atom. The molecule has 0 aliphatic rings. The molecule has 100 valence electrons. The van der Waals surface area contributed by atoms with Crippen molar-refractivity contribution in [2.24, 2.45) is 0 Å². The van der Waals surface area contributed by atoms with E-state index in [0.29, 0.717) is 0 Å². The van der Waals surface area contributed by atoms with E-state index in [1.165, 1.54) is 12.1 Å². The number of hydrogen-bond acceptors (Lipinski definition) is 3. The SMILES string of the molecule is Cc1ccc(S(=O)(=O)Cc2cc(F)ccc2N)cc1. The van der Waals surface area contributed by atoms with Gasteiger partial charge in [-0.15, -0.1) is 0 Å². The summed E-state index contributed by atoms with van der Waals surface area (Å²) in [4.78, 5) is 0.210. The minimum atomic E-state index is -3.52. The molecule has 0 saturated heterocycles. The summed E-state index contributed by atoms with van der Waals surface area (Å²) in [5.41, 5.74) is 7.20. The standard InChI is InChI=1S/C14H14FNO2S/c1-10-2-5-13(6-3-10)19(17,18)9-11-8-12(15)4-7-14(11)16/h2-8H,9,16H2,1H3. The Hall–Kier alpha value is -1.88. The van der Waals surface area contributed by atoms with Crippen LogP contribution in [0.25, 0.3) is 0 Å². The summed E-state index contributed by atoms with van der Waals surface area (Å²) in [6.45, 7) is 1.88. The van der Waals surface area contributed by atoms with Crippen molar-refractivity contribution in [2.45, 2.75) is 17.6 Å². The summed E-state index contributed by atoms with van der Waals surface area (Å²) < 4.78 is 37.5. The highest BCUT2D eigenvalue weighted by molar-refractivity contribution is 7.90. The van der Waals surface area contributed by atoms with E-state index in [1.54, 1.807) is 24.3 Å². The number of anilines is 1. The molecule has 0 unspecified atom stereocenters. The molecule has 0 atom stereocenters. The van der Waals surface area contributed by atoms with Gasteiger partial charge < -0.3 is 5.73 Å². The van der Waals surface area contributed by atoms with Crippen LogP contribution >= 0.6 is 0 Å². The van der Waals surface area contributed by atoms with Crippen molar-refractivity contribution >= 4 is 15.5 Å². The van der Waals surface area contributed by atoms with Crippen molar-refractivity contribution in [2.75, 3.05) is 5.73 Å². The molecule has 19 heavy (non-hydrogen) atoms. The zero-order valence-corrected chi connectivity index (χ0v) is 11.2. The molecule has 0 heterocycles. The largest absolute Gasteiger partial charge is 0.398 e. The van der Waals surface area contributed by atoms with Crippen LogP contribution in [-0.2, 0) is 15.6 Å². The van der Waals surface area contributed by atoms with Gasteiger partial charge in [-0.2, -0.15) is 0 Å². The van der Waals surface area contributed by atoms with Gasteiger partial charge in [0.1, 0.15) is 5.82 Å². The number of aryl methyl sites for hydroxylation is 1. The van der Waals surface area contributed by atoms with Crippen LogP contribution in [-0.4, -0.2) is 8.42 Å². The van der Waals surface area contributed by atoms with Crippen LogP contribution in [0, 0.1) is 12.7 Å². The first kappa shape index (κ1) is 13.5. The second-order valence-electron chi connectivity index (χ2n) is 4.42. The van der Waals surface area contributed by atoms with Gasteiger partial charge in [0.2, 0.25) is 0 Å². The minimum Gasteiger partial charge on any atom is -0.398 e. The number of hydrogen-bond donors (Lipinski definition) is 1. The minimum absolute atomic E-state index is 0.210. The second kappa shape index (κ2) is 5.01. The molecule has 0 saturated carbocycles. The lowest BCUT2D eigenvalue weighted by molar-refractivity contribution is 0.594. The van der Waals surface area contributed by atoms with Gasteiger partial charge >= 0.3 is 0 Å². The molecule has 0 amide bonds. The molecule has 2 aromatic carbocycles. The molecule has 0 radical (unpaired) electrons. The van der Waals surface area contributed by atoms with Gasteiger partial charge in [-0.3, -0.25) is 0 Å². The quantitative estimate of drug-likeness (QED) is 0.879. The molecule has 2 N–H and O–H groups in total. The van der Waals surface area contributed by atoms with Gasteiger partial charge in [-0.05, 0) is 42.8 Å². The molecule has 5 heteroatoms. The van der Waals surface area contributed by atoms with Crippen LogP contribution in [0.15, 0.2) is 47.4 Å². The van der Waals surface area contributed by atoms with Gasteiger partial charge in [-0.1, -0.05) is 17.7 Å². The first-order valence-corrected chi connectivity index (χ1v) is 7.37. The predicted molar refractivity (Wildman–Crippen MR) is 72.9 cm³/mol. The number of nitrogens with two attached hydrogens (primary N) is 1. The summed E-state index contributed by atoms with van der Waals surface area (Å²) in [5.74, 6) is -0.803. The van der Waals surface area contributed by atoms with Gasteiger partial charge in [-0.25, -0.2) is 12.8 Å². The van der Waals surface area contributed by atoms with E-state index in [4.69, 9.17) is 5.73 Å². The Kier molecular flexibility index (Phi) is 3.57. The van der Waals surface area contributed by atoms with Crippen LogP contribution in [0.1, 0.15) is 11.1 Å². The second-order valence-corrected chi connectivity index (χ2v) is 6.40. The fourth-order valence-electron chi connectivity index (χ4n) is 1.73. The highest BCUT2D eigenvalue weighted by Crippen LogP contribution is 2.21. The first-order valence-electron chi connectivity index (χ1n) is 5.72. The van der Waals surface area contributed by atoms with Crippen LogP contribution < -0.4 is 5.73 Å². The zero-order chi connectivity index (χ0) is 14.0. The molecule has 0 spiro atoms. The first-order chi connectivity index (χ1) is 8.88. The van der Waals surface area contributed by atoms with Crippen molar-refractivity contribution in [1.82, 2.24) is 0 Å². The molecule has 0 aliphatic carbocycles. The lowest BCUT2D eigenvalue weighted by atomic mass is 10.2. The van der Waals surface area contributed by atoms with E-state index in [9.17, 15) is 12.8 Å². The lowest BCUT2D eigenvalue weighted by Gasteiger charge is -2.08. The molecule has 0 bridgehead atoms. The smallest absolute Gasteiger partial charge is 0.182 e. The molecular formula is C14H14FNO2S. The Bertz CT molecular complexity index is 694. The van der Waals surface area contributed by atoms with E-state index in [-0.39, 0.29) is 21.9 Å². The van der Waals surface area contributed by atoms with Crippen molar-refractivity contribution in [1.29, 1.82) is 0 Å². The lowest BCUT2D eigenvalue weighted by Crippen LogP contribution is -2.07. The maximum absolute atomic E-state index is 13.1. The third kappa shape index (κ3) is 3.12. The summed E-state index contributed by atoms with van der Waals surface area (Å²) in [6.07, 6.45) is 0.